The highest BCUT2D eigenvalue weighted by Crippen LogP contribution is 2.48. The number of hydroxylamine groups is 2. The van der Waals surface area contributed by atoms with E-state index in [1.54, 1.807) is 0 Å². The predicted molar refractivity (Wildman–Crippen MR) is 92.4 cm³/mol. The molecule has 122 valence electrons. The quantitative estimate of drug-likeness (QED) is 0.780. The molecule has 2 heterocycles. The van der Waals surface area contributed by atoms with Crippen molar-refractivity contribution in [3.8, 4) is 0 Å². The highest BCUT2D eigenvalue weighted by molar-refractivity contribution is 5.63. The summed E-state index contributed by atoms with van der Waals surface area (Å²) in [7, 11) is 4.33. The van der Waals surface area contributed by atoms with E-state index in [-0.39, 0.29) is 5.41 Å². The zero-order valence-corrected chi connectivity index (χ0v) is 15.1. The van der Waals surface area contributed by atoms with E-state index in [0.29, 0.717) is 23.9 Å². The van der Waals surface area contributed by atoms with Crippen LogP contribution in [-0.2, 0) is 4.84 Å². The van der Waals surface area contributed by atoms with Crippen molar-refractivity contribution in [1.29, 1.82) is 0 Å². The number of hydrogen-bond donors (Lipinski definition) is 0. The van der Waals surface area contributed by atoms with Crippen molar-refractivity contribution in [3.63, 3.8) is 0 Å². The van der Waals surface area contributed by atoms with E-state index in [1.807, 2.05) is 0 Å². The van der Waals surface area contributed by atoms with E-state index in [1.165, 1.54) is 16.8 Å². The van der Waals surface area contributed by atoms with Crippen molar-refractivity contribution in [1.82, 2.24) is 5.06 Å². The van der Waals surface area contributed by atoms with E-state index >= 15 is 0 Å². The molecule has 0 saturated carbocycles. The molecule has 0 bridgehead atoms. The van der Waals surface area contributed by atoms with Gasteiger partial charge in [-0.15, -0.1) is 0 Å². The van der Waals surface area contributed by atoms with Crippen molar-refractivity contribution in [2.75, 3.05) is 25.6 Å². The Bertz CT molecular complexity index is 561. The summed E-state index contributed by atoms with van der Waals surface area (Å²) in [5, 5.41) is 2.09. The van der Waals surface area contributed by atoms with Gasteiger partial charge in [0.1, 0.15) is 0 Å². The Morgan fingerprint density at radius 1 is 1.18 bits per heavy atom. The summed E-state index contributed by atoms with van der Waals surface area (Å²) in [5.74, 6) is 1.04. The Morgan fingerprint density at radius 2 is 1.86 bits per heavy atom. The third-order valence-corrected chi connectivity index (χ3v) is 5.42. The van der Waals surface area contributed by atoms with Crippen LogP contribution in [-0.4, -0.2) is 37.8 Å². The lowest BCUT2D eigenvalue weighted by atomic mass is 9.76. The second kappa shape index (κ2) is 5.24. The maximum absolute atomic E-state index is 6.04. The normalized spacial score (nSPS) is 28.9. The van der Waals surface area contributed by atoms with Gasteiger partial charge in [-0.1, -0.05) is 46.8 Å². The first-order valence-corrected chi connectivity index (χ1v) is 8.44. The number of hydrogen-bond acceptors (Lipinski definition) is 3. The molecule has 0 amide bonds. The average Bonchev–Trinajstić information content (AvgIpc) is 2.70. The lowest BCUT2D eigenvalue weighted by Crippen LogP contribution is -2.59. The molecule has 0 radical (unpaired) electrons. The van der Waals surface area contributed by atoms with Gasteiger partial charge in [-0.2, -0.15) is 5.06 Å². The molecule has 3 unspecified atom stereocenters. The van der Waals surface area contributed by atoms with E-state index in [9.17, 15) is 0 Å². The molecule has 2 aliphatic rings. The fourth-order valence-electron chi connectivity index (χ4n) is 4.34. The van der Waals surface area contributed by atoms with Crippen molar-refractivity contribution >= 4 is 5.69 Å². The van der Waals surface area contributed by atoms with Gasteiger partial charge in [0.2, 0.25) is 0 Å². The maximum Gasteiger partial charge on any atom is 0.0774 e. The number of anilines is 1. The van der Waals surface area contributed by atoms with Crippen LogP contribution in [0.1, 0.15) is 57.6 Å². The number of benzene rings is 1. The van der Waals surface area contributed by atoms with E-state index in [2.05, 4.69) is 76.9 Å². The monoisotopic (exact) mass is 302 g/mol. The zero-order valence-electron chi connectivity index (χ0n) is 15.1. The molecule has 1 aromatic rings. The molecule has 3 rings (SSSR count). The first-order valence-electron chi connectivity index (χ1n) is 8.44. The Labute approximate surface area is 135 Å². The second-order valence-electron chi connectivity index (χ2n) is 8.33. The molecule has 0 spiro atoms. The molecule has 1 saturated heterocycles. The van der Waals surface area contributed by atoms with E-state index in [0.717, 1.165) is 6.61 Å². The van der Waals surface area contributed by atoms with Crippen LogP contribution in [0.5, 0.6) is 0 Å². The fourth-order valence-corrected chi connectivity index (χ4v) is 4.34. The molecule has 2 aliphatic heterocycles. The zero-order chi connectivity index (χ0) is 16.2. The second-order valence-corrected chi connectivity index (χ2v) is 8.33. The maximum atomic E-state index is 6.04. The van der Waals surface area contributed by atoms with Gasteiger partial charge in [0.25, 0.3) is 0 Å². The van der Waals surface area contributed by atoms with Crippen LogP contribution in [0, 0.1) is 5.41 Å². The molecular weight excluding hydrogens is 272 g/mol. The lowest BCUT2D eigenvalue weighted by Gasteiger charge is -2.49. The molecule has 0 aliphatic carbocycles. The highest BCUT2D eigenvalue weighted by atomic mass is 16.7. The summed E-state index contributed by atoms with van der Waals surface area (Å²) in [4.78, 5) is 8.53. The van der Waals surface area contributed by atoms with Crippen LogP contribution in [0.4, 0.5) is 5.69 Å². The minimum Gasteiger partial charge on any atom is -0.369 e. The minimum absolute atomic E-state index is 0.176. The Balaban J connectivity index is 2.04. The summed E-state index contributed by atoms with van der Waals surface area (Å²) in [6.07, 6.45) is 0. The standard InChI is InChI=1S/C19H30N2O/c1-12(2)13-8-9-16-14(10-13)15-11-22-21(7)18(19(3,4)5)17(15)20(16)6/h8-10,12,15,17-18H,11H2,1-7H3. The molecule has 3 atom stereocenters. The van der Waals surface area contributed by atoms with Crippen molar-refractivity contribution in [3.05, 3.63) is 29.3 Å². The largest absolute Gasteiger partial charge is 0.369 e. The van der Waals surface area contributed by atoms with Crippen molar-refractivity contribution in [2.45, 2.75) is 58.5 Å². The molecule has 1 fully saturated rings. The van der Waals surface area contributed by atoms with Crippen LogP contribution in [0.15, 0.2) is 18.2 Å². The van der Waals surface area contributed by atoms with Crippen LogP contribution in [0.25, 0.3) is 0 Å². The van der Waals surface area contributed by atoms with Crippen LogP contribution < -0.4 is 4.90 Å². The molecule has 1 aromatic carbocycles. The first kappa shape index (κ1) is 15.8. The molecule has 3 nitrogen and oxygen atoms in total. The van der Waals surface area contributed by atoms with E-state index in [4.69, 9.17) is 4.84 Å². The SMILES string of the molecule is CC(C)c1ccc2c(c1)C1CON(C)C(C(C)(C)C)C1N2C. The van der Waals surface area contributed by atoms with Gasteiger partial charge < -0.3 is 4.90 Å². The number of fused-ring (bicyclic) bond motifs is 3. The summed E-state index contributed by atoms with van der Waals surface area (Å²) in [5.41, 5.74) is 4.46. The topological polar surface area (TPSA) is 15.7 Å². The number of rotatable bonds is 1. The average molecular weight is 302 g/mol. The molecule has 0 aromatic heterocycles. The van der Waals surface area contributed by atoms with Crippen molar-refractivity contribution < 1.29 is 4.84 Å². The van der Waals surface area contributed by atoms with Crippen LogP contribution >= 0.6 is 0 Å². The Hall–Kier alpha value is -1.06. The van der Waals surface area contributed by atoms with Crippen LogP contribution in [0.3, 0.4) is 0 Å². The van der Waals surface area contributed by atoms with Gasteiger partial charge in [0, 0.05) is 25.7 Å². The molecule has 22 heavy (non-hydrogen) atoms. The van der Waals surface area contributed by atoms with E-state index < -0.39 is 0 Å². The highest BCUT2D eigenvalue weighted by Gasteiger charge is 2.50. The molecular formula is C19H30N2O. The summed E-state index contributed by atoms with van der Waals surface area (Å²) in [6, 6.07) is 7.87. The Kier molecular flexibility index (Phi) is 3.77. The Morgan fingerprint density at radius 3 is 2.45 bits per heavy atom. The lowest BCUT2D eigenvalue weighted by molar-refractivity contribution is -0.225. The molecule has 3 heteroatoms. The first-order chi connectivity index (χ1) is 10.2. The third-order valence-electron chi connectivity index (χ3n) is 5.42. The smallest absolute Gasteiger partial charge is 0.0774 e. The van der Waals surface area contributed by atoms with Gasteiger partial charge in [0.15, 0.2) is 0 Å². The number of nitrogens with zero attached hydrogens (tertiary/aromatic N) is 2. The summed E-state index contributed by atoms with van der Waals surface area (Å²) in [6.45, 7) is 12.3. The number of likely N-dealkylation sites (N-methyl/N-ethyl adjacent to an activating group) is 2. The van der Waals surface area contributed by atoms with Gasteiger partial charge >= 0.3 is 0 Å². The molecule has 0 N–H and O–H groups in total. The van der Waals surface area contributed by atoms with Crippen LogP contribution in [0.2, 0.25) is 0 Å². The van der Waals surface area contributed by atoms with Gasteiger partial charge in [-0.25, -0.2) is 0 Å². The fraction of sp³-hybridized carbons (Fsp3) is 0.684. The third kappa shape index (κ3) is 2.35. The minimum atomic E-state index is 0.176. The van der Waals surface area contributed by atoms with Gasteiger partial charge in [-0.05, 0) is 28.5 Å². The van der Waals surface area contributed by atoms with Gasteiger partial charge in [0.05, 0.1) is 18.7 Å². The summed E-state index contributed by atoms with van der Waals surface area (Å²) < 4.78 is 0. The predicted octanol–water partition coefficient (Wildman–Crippen LogP) is 4.00. The van der Waals surface area contributed by atoms with Gasteiger partial charge in [-0.3, -0.25) is 4.84 Å². The summed E-state index contributed by atoms with van der Waals surface area (Å²) >= 11 is 0. The van der Waals surface area contributed by atoms with Crippen molar-refractivity contribution in [2.24, 2.45) is 5.41 Å².